The summed E-state index contributed by atoms with van der Waals surface area (Å²) in [5, 5.41) is 12.7. The van der Waals surface area contributed by atoms with Crippen LogP contribution in [0.4, 0.5) is 23.2 Å². The van der Waals surface area contributed by atoms with Gasteiger partial charge in [-0.15, -0.1) is 11.3 Å². The molecule has 220 valence electrons. The highest BCUT2D eigenvalue weighted by Crippen LogP contribution is 2.35. The van der Waals surface area contributed by atoms with E-state index in [1.54, 1.807) is 29.6 Å². The number of fused-ring (bicyclic) bond motifs is 1. The summed E-state index contributed by atoms with van der Waals surface area (Å²) >= 11 is 1.38. The molecule has 4 aromatic rings. The molecule has 0 spiro atoms. The number of hydrogen-bond acceptors (Lipinski definition) is 8. The van der Waals surface area contributed by atoms with Gasteiger partial charge in [-0.05, 0) is 31.7 Å². The Balaban J connectivity index is 1.40. The van der Waals surface area contributed by atoms with Crippen LogP contribution in [-0.4, -0.2) is 69.0 Å². The van der Waals surface area contributed by atoms with E-state index in [9.17, 15) is 22.4 Å². The van der Waals surface area contributed by atoms with Gasteiger partial charge in [-0.1, -0.05) is 32.0 Å². The number of halogens is 4. The van der Waals surface area contributed by atoms with Gasteiger partial charge in [0.05, 0.1) is 28.8 Å². The first-order valence-electron chi connectivity index (χ1n) is 13.1. The predicted molar refractivity (Wildman–Crippen MR) is 148 cm³/mol. The molecule has 1 saturated heterocycles. The number of alkyl halides is 4. The van der Waals surface area contributed by atoms with Gasteiger partial charge in [-0.2, -0.15) is 18.2 Å². The number of aromatic nitrogens is 4. The van der Waals surface area contributed by atoms with Crippen LogP contribution in [0, 0.1) is 0 Å². The van der Waals surface area contributed by atoms with E-state index >= 15 is 0 Å². The van der Waals surface area contributed by atoms with Crippen LogP contribution in [-0.2, 0) is 18.5 Å². The lowest BCUT2D eigenvalue weighted by molar-refractivity contribution is -0.139. The van der Waals surface area contributed by atoms with Crippen molar-refractivity contribution >= 4 is 33.8 Å². The summed E-state index contributed by atoms with van der Waals surface area (Å²) in [6.07, 6.45) is -5.09. The molecule has 14 heteroatoms. The molecule has 2 atom stereocenters. The second kappa shape index (κ2) is 11.0. The number of thiazole rings is 1. The minimum atomic E-state index is -4.53. The Morgan fingerprint density at radius 2 is 2.00 bits per heavy atom. The molecule has 2 N–H and O–H groups in total. The van der Waals surface area contributed by atoms with E-state index in [4.69, 9.17) is 4.52 Å². The van der Waals surface area contributed by atoms with Gasteiger partial charge in [0, 0.05) is 35.0 Å². The Kier molecular flexibility index (Phi) is 7.81. The van der Waals surface area contributed by atoms with E-state index in [1.807, 2.05) is 32.7 Å². The van der Waals surface area contributed by atoms with Crippen molar-refractivity contribution in [2.45, 2.75) is 64.1 Å². The number of anilines is 1. The average Bonchev–Trinajstić information content (AvgIpc) is 3.63. The highest BCUT2D eigenvalue weighted by atomic mass is 32.1. The van der Waals surface area contributed by atoms with E-state index in [1.165, 1.54) is 11.3 Å². The van der Waals surface area contributed by atoms with Crippen LogP contribution >= 0.6 is 11.3 Å². The van der Waals surface area contributed by atoms with Crippen LogP contribution in [0.15, 0.2) is 34.2 Å². The summed E-state index contributed by atoms with van der Waals surface area (Å²) < 4.78 is 62.0. The molecular formula is C27H31F4N7O2S. The Bertz CT molecular complexity index is 1540. The first-order valence-corrected chi connectivity index (χ1v) is 14.0. The topological polar surface area (TPSA) is 101 Å². The number of nitrogens with one attached hydrogen (secondary N) is 2. The fourth-order valence-corrected chi connectivity index (χ4v) is 5.65. The van der Waals surface area contributed by atoms with Gasteiger partial charge in [0.1, 0.15) is 18.4 Å². The summed E-state index contributed by atoms with van der Waals surface area (Å²) in [5.74, 6) is -0.473. The van der Waals surface area contributed by atoms with Gasteiger partial charge in [0.2, 0.25) is 11.7 Å². The van der Waals surface area contributed by atoms with Crippen LogP contribution in [0.2, 0.25) is 0 Å². The van der Waals surface area contributed by atoms with Crippen LogP contribution in [0.3, 0.4) is 0 Å². The Labute approximate surface area is 237 Å². The fourth-order valence-electron chi connectivity index (χ4n) is 4.76. The second-order valence-electron chi connectivity index (χ2n) is 11.3. The molecule has 1 aromatic carbocycles. The molecule has 0 aliphatic carbocycles. The third-order valence-corrected chi connectivity index (χ3v) is 8.11. The predicted octanol–water partition coefficient (Wildman–Crippen LogP) is 5.39. The Hall–Kier alpha value is -3.52. The molecule has 1 aliphatic rings. The molecule has 41 heavy (non-hydrogen) atoms. The SMILES string of the molecule is CN1CC[C@@H](Nc2cccc3c2cc(-c2noc(CNC(=O)c4csc(C(C)(C)C)n4)n2)n3CC(F)(F)F)[C@@H](F)C1. The quantitative estimate of drug-likeness (QED) is 0.277. The van der Waals surface area contributed by atoms with Crippen molar-refractivity contribution in [3.8, 4) is 11.5 Å². The highest BCUT2D eigenvalue weighted by molar-refractivity contribution is 7.10. The molecular weight excluding hydrogens is 562 g/mol. The Morgan fingerprint density at radius 1 is 1.22 bits per heavy atom. The number of rotatable bonds is 7. The van der Waals surface area contributed by atoms with Crippen LogP contribution < -0.4 is 10.6 Å². The number of hydrogen-bond donors (Lipinski definition) is 2. The average molecular weight is 594 g/mol. The maximum Gasteiger partial charge on any atom is 0.406 e. The molecule has 9 nitrogen and oxygen atoms in total. The van der Waals surface area contributed by atoms with Crippen LogP contribution in [0.25, 0.3) is 22.4 Å². The van der Waals surface area contributed by atoms with Crippen molar-refractivity contribution in [1.82, 2.24) is 29.9 Å². The van der Waals surface area contributed by atoms with Gasteiger partial charge in [-0.3, -0.25) is 4.79 Å². The summed E-state index contributed by atoms with van der Waals surface area (Å²) in [6, 6.07) is 5.99. The smallest absolute Gasteiger partial charge is 0.379 e. The second-order valence-corrected chi connectivity index (χ2v) is 12.1. The van der Waals surface area contributed by atoms with Crippen LogP contribution in [0.1, 0.15) is 48.6 Å². The van der Waals surface area contributed by atoms with E-state index < -0.39 is 30.8 Å². The molecule has 1 amide bonds. The van der Waals surface area contributed by atoms with Gasteiger partial charge in [0.15, 0.2) is 0 Å². The van der Waals surface area contributed by atoms with Gasteiger partial charge >= 0.3 is 6.18 Å². The number of carbonyl (C=O) groups excluding carboxylic acids is 1. The van der Waals surface area contributed by atoms with Crippen molar-refractivity contribution in [2.75, 3.05) is 25.5 Å². The first-order chi connectivity index (χ1) is 19.3. The van der Waals surface area contributed by atoms with Crippen molar-refractivity contribution < 1.29 is 26.9 Å². The van der Waals surface area contributed by atoms with E-state index in [0.29, 0.717) is 29.6 Å². The lowest BCUT2D eigenvalue weighted by atomic mass is 9.98. The zero-order valence-corrected chi connectivity index (χ0v) is 23.9. The minimum Gasteiger partial charge on any atom is -0.379 e. The molecule has 0 unspecified atom stereocenters. The van der Waals surface area contributed by atoms with Crippen molar-refractivity contribution in [3.05, 3.63) is 46.2 Å². The number of nitrogens with zero attached hydrogens (tertiary/aromatic N) is 5. The lowest BCUT2D eigenvalue weighted by Gasteiger charge is -2.33. The van der Waals surface area contributed by atoms with Crippen molar-refractivity contribution in [1.29, 1.82) is 0 Å². The molecule has 0 bridgehead atoms. The number of amides is 1. The number of benzene rings is 1. The largest absolute Gasteiger partial charge is 0.406 e. The number of piperidine rings is 1. The van der Waals surface area contributed by atoms with Crippen LogP contribution in [0.5, 0.6) is 0 Å². The highest BCUT2D eigenvalue weighted by Gasteiger charge is 2.32. The maximum atomic E-state index is 14.7. The van der Waals surface area contributed by atoms with Gasteiger partial charge < -0.3 is 24.6 Å². The molecule has 5 rings (SSSR count). The lowest BCUT2D eigenvalue weighted by Crippen LogP contribution is -2.46. The van der Waals surface area contributed by atoms with Gasteiger partial charge in [0.25, 0.3) is 5.91 Å². The van der Waals surface area contributed by atoms with E-state index in [-0.39, 0.29) is 41.6 Å². The molecule has 1 fully saturated rings. The minimum absolute atomic E-state index is 0.0217. The summed E-state index contributed by atoms with van der Waals surface area (Å²) in [5.41, 5.74) is 0.960. The van der Waals surface area contributed by atoms with Gasteiger partial charge in [-0.25, -0.2) is 9.37 Å². The standard InChI is InChI=1S/C27H31F4N7O2S/c1-26(2,3)25-34-19(13-41-25)24(39)32-11-22-35-23(36-40-22)21-10-15-17(33-18-8-9-37(4)12-16(18)28)6-5-7-20(15)38(21)14-27(29,30)31/h5-7,10,13,16,18,33H,8-9,11-12,14H2,1-4H3,(H,32,39)/t16-,18+/m0/s1. The molecule has 0 radical (unpaired) electrons. The number of likely N-dealkylation sites (tertiary alicyclic amines) is 1. The first kappa shape index (κ1) is 29.0. The molecule has 0 saturated carbocycles. The summed E-state index contributed by atoms with van der Waals surface area (Å²) in [7, 11) is 1.85. The molecule has 1 aliphatic heterocycles. The summed E-state index contributed by atoms with van der Waals surface area (Å²) in [4.78, 5) is 23.1. The van der Waals surface area contributed by atoms with E-state index in [0.717, 1.165) is 9.57 Å². The molecule has 4 heterocycles. The third kappa shape index (κ3) is 6.53. The summed E-state index contributed by atoms with van der Waals surface area (Å²) in [6.45, 7) is 5.56. The molecule has 3 aromatic heterocycles. The van der Waals surface area contributed by atoms with Crippen molar-refractivity contribution in [3.63, 3.8) is 0 Å². The zero-order valence-electron chi connectivity index (χ0n) is 23.0. The number of carbonyl (C=O) groups is 1. The third-order valence-electron chi connectivity index (χ3n) is 6.84. The Morgan fingerprint density at radius 3 is 2.68 bits per heavy atom. The maximum absolute atomic E-state index is 14.7. The monoisotopic (exact) mass is 593 g/mol. The fraction of sp³-hybridized carbons (Fsp3) is 0.481. The van der Waals surface area contributed by atoms with Crippen molar-refractivity contribution in [2.24, 2.45) is 0 Å². The van der Waals surface area contributed by atoms with E-state index in [2.05, 4.69) is 25.8 Å². The zero-order chi connectivity index (χ0) is 29.5. The normalized spacial score (nSPS) is 18.6.